The van der Waals surface area contributed by atoms with Crippen LogP contribution in [0.25, 0.3) is 0 Å². The number of carbonyl (C=O) groups is 1. The molecule has 0 atom stereocenters. The molecule has 1 aromatic carbocycles. The van der Waals surface area contributed by atoms with Crippen LogP contribution >= 0.6 is 11.6 Å². The van der Waals surface area contributed by atoms with Crippen LogP contribution in [0.15, 0.2) is 61.1 Å². The van der Waals surface area contributed by atoms with Crippen LogP contribution in [0.4, 0.5) is 17.5 Å². The molecule has 0 aliphatic carbocycles. The Morgan fingerprint density at radius 1 is 0.929 bits per heavy atom. The molecule has 3 heterocycles. The molecule has 8 heteroatoms. The van der Waals surface area contributed by atoms with Crippen molar-refractivity contribution in [2.45, 2.75) is 0 Å². The minimum atomic E-state index is -0.270. The summed E-state index contributed by atoms with van der Waals surface area (Å²) in [5.41, 5.74) is 1.03. The minimum absolute atomic E-state index is 0.270. The molecule has 0 saturated carbocycles. The Kier molecular flexibility index (Phi) is 5.34. The minimum Gasteiger partial charge on any atom is -0.353 e. The van der Waals surface area contributed by atoms with Gasteiger partial charge < -0.3 is 15.1 Å². The summed E-state index contributed by atoms with van der Waals surface area (Å²) in [4.78, 5) is 29.8. The summed E-state index contributed by atoms with van der Waals surface area (Å²) < 4.78 is 0. The van der Waals surface area contributed by atoms with Crippen LogP contribution in [0, 0.1) is 0 Å². The fourth-order valence-electron chi connectivity index (χ4n) is 3.05. The van der Waals surface area contributed by atoms with Gasteiger partial charge in [0, 0.05) is 55.5 Å². The number of aromatic nitrogens is 3. The molecule has 2 aromatic heterocycles. The van der Waals surface area contributed by atoms with Crippen molar-refractivity contribution >= 4 is 35.0 Å². The highest BCUT2D eigenvalue weighted by atomic mass is 35.5. The lowest BCUT2D eigenvalue weighted by molar-refractivity contribution is 0.102. The van der Waals surface area contributed by atoms with Crippen LogP contribution in [-0.4, -0.2) is 47.0 Å². The summed E-state index contributed by atoms with van der Waals surface area (Å²) in [5, 5.41) is 3.36. The third-order valence-electron chi connectivity index (χ3n) is 4.52. The summed E-state index contributed by atoms with van der Waals surface area (Å²) in [7, 11) is 0. The van der Waals surface area contributed by atoms with Crippen LogP contribution in [0.2, 0.25) is 5.02 Å². The third-order valence-corrected chi connectivity index (χ3v) is 4.75. The van der Waals surface area contributed by atoms with E-state index in [4.69, 9.17) is 11.6 Å². The van der Waals surface area contributed by atoms with Crippen molar-refractivity contribution in [1.82, 2.24) is 15.0 Å². The lowest BCUT2D eigenvalue weighted by Crippen LogP contribution is -2.47. The number of benzene rings is 1. The molecule has 3 aromatic rings. The Labute approximate surface area is 168 Å². The summed E-state index contributed by atoms with van der Waals surface area (Å²) in [5.74, 6) is 1.34. The Balaban J connectivity index is 1.36. The Morgan fingerprint density at radius 2 is 1.68 bits per heavy atom. The van der Waals surface area contributed by atoms with E-state index in [2.05, 4.69) is 30.1 Å². The molecule has 28 heavy (non-hydrogen) atoms. The number of nitrogens with zero attached hydrogens (tertiary/aromatic N) is 5. The van der Waals surface area contributed by atoms with E-state index < -0.39 is 0 Å². The molecule has 1 aliphatic heterocycles. The SMILES string of the molecule is O=C(Nc1cccc(Cl)c1)c1cnc(N2CCN(c3ccccn3)CC2)nc1. The van der Waals surface area contributed by atoms with Gasteiger partial charge in [-0.1, -0.05) is 23.7 Å². The molecule has 1 N–H and O–H groups in total. The summed E-state index contributed by atoms with van der Waals surface area (Å²) >= 11 is 5.94. The molecule has 1 fully saturated rings. The van der Waals surface area contributed by atoms with E-state index in [1.165, 1.54) is 0 Å². The first-order valence-electron chi connectivity index (χ1n) is 8.99. The largest absolute Gasteiger partial charge is 0.353 e. The van der Waals surface area contributed by atoms with E-state index in [1.807, 2.05) is 18.2 Å². The molecule has 0 bridgehead atoms. The lowest BCUT2D eigenvalue weighted by Gasteiger charge is -2.35. The number of anilines is 3. The first-order valence-corrected chi connectivity index (χ1v) is 9.37. The maximum absolute atomic E-state index is 12.4. The van der Waals surface area contributed by atoms with Gasteiger partial charge in [-0.05, 0) is 30.3 Å². The zero-order valence-corrected chi connectivity index (χ0v) is 15.9. The van der Waals surface area contributed by atoms with Crippen LogP contribution in [0.5, 0.6) is 0 Å². The average Bonchev–Trinajstić information content (AvgIpc) is 2.75. The molecule has 0 spiro atoms. The summed E-state index contributed by atoms with van der Waals surface area (Å²) in [6, 6.07) is 12.9. The molecule has 1 amide bonds. The molecule has 142 valence electrons. The third kappa shape index (κ3) is 4.20. The van der Waals surface area contributed by atoms with Crippen molar-refractivity contribution in [3.8, 4) is 0 Å². The van der Waals surface area contributed by atoms with Gasteiger partial charge in [0.05, 0.1) is 5.56 Å². The zero-order chi connectivity index (χ0) is 19.3. The molecular formula is C20H19ClN6O. The van der Waals surface area contributed by atoms with Gasteiger partial charge in [-0.3, -0.25) is 4.79 Å². The van der Waals surface area contributed by atoms with E-state index in [0.717, 1.165) is 32.0 Å². The first-order chi connectivity index (χ1) is 13.7. The van der Waals surface area contributed by atoms with Gasteiger partial charge in [0.15, 0.2) is 0 Å². The van der Waals surface area contributed by atoms with E-state index in [1.54, 1.807) is 42.9 Å². The predicted molar refractivity (Wildman–Crippen MR) is 110 cm³/mol. The Morgan fingerprint density at radius 3 is 2.36 bits per heavy atom. The number of carbonyl (C=O) groups excluding carboxylic acids is 1. The number of piperazine rings is 1. The number of pyridine rings is 1. The van der Waals surface area contributed by atoms with Gasteiger partial charge in [-0.25, -0.2) is 15.0 Å². The highest BCUT2D eigenvalue weighted by molar-refractivity contribution is 6.30. The molecule has 0 radical (unpaired) electrons. The Hall–Kier alpha value is -3.19. The van der Waals surface area contributed by atoms with Gasteiger partial charge >= 0.3 is 0 Å². The summed E-state index contributed by atoms with van der Waals surface area (Å²) in [6.07, 6.45) is 4.90. The van der Waals surface area contributed by atoms with Crippen LogP contribution in [0.1, 0.15) is 10.4 Å². The van der Waals surface area contributed by atoms with Crippen molar-refractivity contribution < 1.29 is 4.79 Å². The molecular weight excluding hydrogens is 376 g/mol. The van der Waals surface area contributed by atoms with Gasteiger partial charge in [0.25, 0.3) is 5.91 Å². The highest BCUT2D eigenvalue weighted by Crippen LogP contribution is 2.17. The van der Waals surface area contributed by atoms with Crippen molar-refractivity contribution in [1.29, 1.82) is 0 Å². The molecule has 0 unspecified atom stereocenters. The number of hydrogen-bond donors (Lipinski definition) is 1. The van der Waals surface area contributed by atoms with E-state index >= 15 is 0 Å². The standard InChI is InChI=1S/C20H19ClN6O/c21-16-4-3-5-17(12-16)25-19(28)15-13-23-20(24-14-15)27-10-8-26(9-11-27)18-6-1-2-7-22-18/h1-7,12-14H,8-11H2,(H,25,28). The van der Waals surface area contributed by atoms with E-state index in [9.17, 15) is 4.79 Å². The van der Waals surface area contributed by atoms with E-state index in [0.29, 0.717) is 22.2 Å². The van der Waals surface area contributed by atoms with Gasteiger partial charge in [0.1, 0.15) is 5.82 Å². The maximum atomic E-state index is 12.4. The van der Waals surface area contributed by atoms with Crippen LogP contribution in [0.3, 0.4) is 0 Å². The molecule has 7 nitrogen and oxygen atoms in total. The van der Waals surface area contributed by atoms with Crippen molar-refractivity contribution in [2.75, 3.05) is 41.3 Å². The number of amides is 1. The second kappa shape index (κ2) is 8.22. The van der Waals surface area contributed by atoms with Crippen LogP contribution in [-0.2, 0) is 0 Å². The predicted octanol–water partition coefficient (Wildman–Crippen LogP) is 3.10. The quantitative estimate of drug-likeness (QED) is 0.733. The maximum Gasteiger partial charge on any atom is 0.258 e. The first kappa shape index (κ1) is 18.2. The second-order valence-electron chi connectivity index (χ2n) is 6.40. The molecule has 4 rings (SSSR count). The highest BCUT2D eigenvalue weighted by Gasteiger charge is 2.20. The topological polar surface area (TPSA) is 74.2 Å². The van der Waals surface area contributed by atoms with Crippen molar-refractivity contribution in [3.63, 3.8) is 0 Å². The average molecular weight is 395 g/mol. The lowest BCUT2D eigenvalue weighted by atomic mass is 10.2. The zero-order valence-electron chi connectivity index (χ0n) is 15.1. The second-order valence-corrected chi connectivity index (χ2v) is 6.83. The van der Waals surface area contributed by atoms with Gasteiger partial charge in [-0.15, -0.1) is 0 Å². The molecule has 1 aliphatic rings. The summed E-state index contributed by atoms with van der Waals surface area (Å²) in [6.45, 7) is 3.28. The molecule has 1 saturated heterocycles. The van der Waals surface area contributed by atoms with Gasteiger partial charge in [-0.2, -0.15) is 0 Å². The van der Waals surface area contributed by atoms with Gasteiger partial charge in [0.2, 0.25) is 5.95 Å². The number of halogens is 1. The fraction of sp³-hybridized carbons (Fsp3) is 0.200. The van der Waals surface area contributed by atoms with Crippen molar-refractivity contribution in [3.05, 3.63) is 71.6 Å². The normalized spacial score (nSPS) is 14.0. The fourth-order valence-corrected chi connectivity index (χ4v) is 3.24. The van der Waals surface area contributed by atoms with Crippen molar-refractivity contribution in [2.24, 2.45) is 0 Å². The Bertz CT molecular complexity index is 942. The van der Waals surface area contributed by atoms with Crippen LogP contribution < -0.4 is 15.1 Å². The monoisotopic (exact) mass is 394 g/mol. The van der Waals surface area contributed by atoms with E-state index in [-0.39, 0.29) is 5.91 Å². The number of nitrogens with one attached hydrogen (secondary N) is 1. The smallest absolute Gasteiger partial charge is 0.258 e. The number of hydrogen-bond acceptors (Lipinski definition) is 6. The number of rotatable bonds is 4.